The van der Waals surface area contributed by atoms with Crippen molar-refractivity contribution in [2.45, 2.75) is 13.8 Å². The standard InChI is InChI=1S/C17H15ClN2OS2/c1-10-8-12(9-15-16(21)19(3)17(22)23-15)11(2)20(10)14-6-4-13(18)5-7-14/h4-9H,1-3H3/b15-9+. The van der Waals surface area contributed by atoms with E-state index in [-0.39, 0.29) is 5.91 Å². The molecule has 0 radical (unpaired) electrons. The van der Waals surface area contributed by atoms with Crippen molar-refractivity contribution in [1.82, 2.24) is 9.47 Å². The molecule has 3 nitrogen and oxygen atoms in total. The number of hydrogen-bond acceptors (Lipinski definition) is 3. The summed E-state index contributed by atoms with van der Waals surface area (Å²) in [4.78, 5) is 14.3. The predicted octanol–water partition coefficient (Wildman–Crippen LogP) is 4.58. The van der Waals surface area contributed by atoms with Gasteiger partial charge in [0.05, 0.1) is 4.91 Å². The number of amides is 1. The molecule has 118 valence electrons. The van der Waals surface area contributed by atoms with Crippen molar-refractivity contribution in [1.29, 1.82) is 0 Å². The molecule has 1 aromatic heterocycles. The summed E-state index contributed by atoms with van der Waals surface area (Å²) < 4.78 is 2.74. The summed E-state index contributed by atoms with van der Waals surface area (Å²) in [5.41, 5.74) is 4.24. The van der Waals surface area contributed by atoms with Crippen LogP contribution in [-0.4, -0.2) is 26.7 Å². The van der Waals surface area contributed by atoms with Crippen LogP contribution < -0.4 is 0 Å². The normalized spacial score (nSPS) is 16.7. The highest BCUT2D eigenvalue weighted by Gasteiger charge is 2.29. The molecule has 0 unspecified atom stereocenters. The zero-order chi connectivity index (χ0) is 16.7. The number of likely N-dealkylation sites (N-methyl/N-ethyl adjacent to an activating group) is 1. The number of nitrogens with zero attached hydrogens (tertiary/aromatic N) is 2. The second-order valence-corrected chi connectivity index (χ2v) is 7.49. The molecular formula is C17H15ClN2OS2. The molecule has 1 aromatic carbocycles. The van der Waals surface area contributed by atoms with Gasteiger partial charge in [0.1, 0.15) is 4.32 Å². The van der Waals surface area contributed by atoms with Crippen LogP contribution in [0, 0.1) is 13.8 Å². The molecule has 1 aliphatic heterocycles. The second kappa shape index (κ2) is 6.15. The third-order valence-electron chi connectivity index (χ3n) is 3.83. The summed E-state index contributed by atoms with van der Waals surface area (Å²) in [6, 6.07) is 9.79. The third-order valence-corrected chi connectivity index (χ3v) is 5.56. The lowest BCUT2D eigenvalue weighted by molar-refractivity contribution is -0.121. The van der Waals surface area contributed by atoms with Gasteiger partial charge >= 0.3 is 0 Å². The number of carbonyl (C=O) groups excluding carboxylic acids is 1. The van der Waals surface area contributed by atoms with Crippen molar-refractivity contribution >= 4 is 51.9 Å². The molecule has 0 N–H and O–H groups in total. The summed E-state index contributed by atoms with van der Waals surface area (Å²) in [6.45, 7) is 4.09. The molecule has 0 atom stereocenters. The Balaban J connectivity index is 2.03. The van der Waals surface area contributed by atoms with E-state index in [1.807, 2.05) is 44.2 Å². The Morgan fingerprint density at radius 3 is 2.43 bits per heavy atom. The maximum absolute atomic E-state index is 12.2. The molecule has 6 heteroatoms. The fourth-order valence-corrected chi connectivity index (χ4v) is 3.90. The topological polar surface area (TPSA) is 25.2 Å². The molecule has 0 spiro atoms. The van der Waals surface area contributed by atoms with Gasteiger partial charge in [-0.2, -0.15) is 0 Å². The van der Waals surface area contributed by atoms with E-state index in [1.54, 1.807) is 7.05 Å². The van der Waals surface area contributed by atoms with Crippen LogP contribution in [0.15, 0.2) is 35.2 Å². The van der Waals surface area contributed by atoms with E-state index >= 15 is 0 Å². The summed E-state index contributed by atoms with van der Waals surface area (Å²) in [5, 5.41) is 0.711. The third kappa shape index (κ3) is 2.96. The van der Waals surface area contributed by atoms with Gasteiger partial charge in [-0.1, -0.05) is 35.6 Å². The Morgan fingerprint density at radius 1 is 1.22 bits per heavy atom. The van der Waals surface area contributed by atoms with E-state index in [0.717, 1.165) is 22.6 Å². The summed E-state index contributed by atoms with van der Waals surface area (Å²) in [7, 11) is 1.70. The Hall–Kier alpha value is -1.56. The SMILES string of the molecule is Cc1cc(/C=C2/SC(=S)N(C)C2=O)c(C)n1-c1ccc(Cl)cc1. The zero-order valence-electron chi connectivity index (χ0n) is 13.0. The Labute approximate surface area is 149 Å². The molecular weight excluding hydrogens is 348 g/mol. The number of aromatic nitrogens is 1. The van der Waals surface area contributed by atoms with Crippen LogP contribution in [0.5, 0.6) is 0 Å². The Kier molecular flexibility index (Phi) is 4.36. The second-order valence-electron chi connectivity index (χ2n) is 5.38. The van der Waals surface area contributed by atoms with Gasteiger partial charge in [0.2, 0.25) is 0 Å². The first-order valence-electron chi connectivity index (χ1n) is 7.05. The van der Waals surface area contributed by atoms with E-state index in [4.69, 9.17) is 23.8 Å². The number of halogens is 1. The van der Waals surface area contributed by atoms with E-state index < -0.39 is 0 Å². The zero-order valence-corrected chi connectivity index (χ0v) is 15.4. The maximum Gasteiger partial charge on any atom is 0.265 e. The van der Waals surface area contributed by atoms with E-state index in [9.17, 15) is 4.79 Å². The van der Waals surface area contributed by atoms with Crippen molar-refractivity contribution in [2.24, 2.45) is 0 Å². The van der Waals surface area contributed by atoms with Crippen molar-refractivity contribution in [3.8, 4) is 5.69 Å². The van der Waals surface area contributed by atoms with Crippen LogP contribution in [0.25, 0.3) is 11.8 Å². The van der Waals surface area contributed by atoms with Crippen molar-refractivity contribution in [3.63, 3.8) is 0 Å². The summed E-state index contributed by atoms with van der Waals surface area (Å²) in [5.74, 6) is -0.0451. The lowest BCUT2D eigenvalue weighted by Crippen LogP contribution is -2.22. The van der Waals surface area contributed by atoms with Crippen molar-refractivity contribution in [2.75, 3.05) is 7.05 Å². The molecule has 2 aromatic rings. The Bertz CT molecular complexity index is 837. The number of hydrogen-bond donors (Lipinski definition) is 0. The van der Waals surface area contributed by atoms with Gasteiger partial charge in [0, 0.05) is 29.1 Å². The first kappa shape index (κ1) is 16.3. The minimum atomic E-state index is -0.0451. The highest BCUT2D eigenvalue weighted by molar-refractivity contribution is 8.26. The number of aryl methyl sites for hydroxylation is 1. The lowest BCUT2D eigenvalue weighted by Gasteiger charge is -2.09. The van der Waals surface area contributed by atoms with Crippen LogP contribution in [0.3, 0.4) is 0 Å². The minimum Gasteiger partial charge on any atom is -0.318 e. The molecule has 1 fully saturated rings. The number of carbonyl (C=O) groups is 1. The van der Waals surface area contributed by atoms with Gasteiger partial charge in [-0.3, -0.25) is 9.69 Å². The first-order valence-corrected chi connectivity index (χ1v) is 8.65. The van der Waals surface area contributed by atoms with Gasteiger partial charge in [0.25, 0.3) is 5.91 Å². The average molecular weight is 363 g/mol. The van der Waals surface area contributed by atoms with E-state index in [0.29, 0.717) is 14.2 Å². The molecule has 0 bridgehead atoms. The molecule has 1 aliphatic rings. The van der Waals surface area contributed by atoms with E-state index in [2.05, 4.69) is 10.6 Å². The van der Waals surface area contributed by atoms with E-state index in [1.165, 1.54) is 16.7 Å². The Morgan fingerprint density at radius 2 is 1.87 bits per heavy atom. The van der Waals surface area contributed by atoms with Crippen LogP contribution in [0.2, 0.25) is 5.02 Å². The van der Waals surface area contributed by atoms with Crippen molar-refractivity contribution in [3.05, 3.63) is 57.2 Å². The fourth-order valence-electron chi connectivity index (χ4n) is 2.61. The highest BCUT2D eigenvalue weighted by Crippen LogP contribution is 2.33. The molecule has 0 aliphatic carbocycles. The minimum absolute atomic E-state index is 0.0451. The summed E-state index contributed by atoms with van der Waals surface area (Å²) in [6.07, 6.45) is 1.91. The van der Waals surface area contributed by atoms with Gasteiger partial charge in [-0.05, 0) is 55.8 Å². The van der Waals surface area contributed by atoms with Crippen LogP contribution in [0.1, 0.15) is 17.0 Å². The van der Waals surface area contributed by atoms with Gasteiger partial charge in [-0.15, -0.1) is 0 Å². The smallest absolute Gasteiger partial charge is 0.265 e. The van der Waals surface area contributed by atoms with Crippen molar-refractivity contribution < 1.29 is 4.79 Å². The van der Waals surface area contributed by atoms with Gasteiger partial charge in [-0.25, -0.2) is 0 Å². The first-order chi connectivity index (χ1) is 10.9. The van der Waals surface area contributed by atoms with Gasteiger partial charge < -0.3 is 4.57 Å². The monoisotopic (exact) mass is 362 g/mol. The van der Waals surface area contributed by atoms with Crippen LogP contribution in [0.4, 0.5) is 0 Å². The van der Waals surface area contributed by atoms with Crippen LogP contribution in [-0.2, 0) is 4.79 Å². The number of thioether (sulfide) groups is 1. The molecule has 23 heavy (non-hydrogen) atoms. The lowest BCUT2D eigenvalue weighted by atomic mass is 10.2. The van der Waals surface area contributed by atoms with Gasteiger partial charge in [0.15, 0.2) is 0 Å². The fraction of sp³-hybridized carbons (Fsp3) is 0.176. The summed E-state index contributed by atoms with van der Waals surface area (Å²) >= 11 is 12.5. The molecule has 0 saturated carbocycles. The maximum atomic E-state index is 12.2. The highest BCUT2D eigenvalue weighted by atomic mass is 35.5. The molecule has 1 amide bonds. The quantitative estimate of drug-likeness (QED) is 0.577. The molecule has 3 rings (SSSR count). The molecule has 2 heterocycles. The number of thiocarbonyl (C=S) groups is 1. The molecule has 1 saturated heterocycles. The largest absolute Gasteiger partial charge is 0.318 e. The number of rotatable bonds is 2. The average Bonchev–Trinajstić information content (AvgIpc) is 2.92. The van der Waals surface area contributed by atoms with Crippen LogP contribution >= 0.6 is 35.6 Å². The number of benzene rings is 1. The predicted molar refractivity (Wildman–Crippen MR) is 101 cm³/mol.